The van der Waals surface area contributed by atoms with Gasteiger partial charge in [-0.15, -0.1) is 0 Å². The van der Waals surface area contributed by atoms with Crippen molar-refractivity contribution in [2.75, 3.05) is 18.4 Å². The van der Waals surface area contributed by atoms with Crippen molar-refractivity contribution in [2.45, 2.75) is 20.8 Å². The molecular weight excluding hydrogens is 290 g/mol. The van der Waals surface area contributed by atoms with E-state index in [1.165, 1.54) is 6.92 Å². The fraction of sp³-hybridized carbons (Fsp3) is 0.278. The number of hydrogen-bond acceptors (Lipinski definition) is 3. The third-order valence-corrected chi connectivity index (χ3v) is 3.56. The first-order valence-corrected chi connectivity index (χ1v) is 7.68. The highest BCUT2D eigenvalue weighted by Crippen LogP contribution is 2.20. The summed E-state index contributed by atoms with van der Waals surface area (Å²) in [6.45, 7) is 6.75. The number of rotatable bonds is 5. The summed E-state index contributed by atoms with van der Waals surface area (Å²) in [5.74, 6) is -0.106. The topological polar surface area (TPSA) is 62.3 Å². The lowest BCUT2D eigenvalue weighted by Gasteiger charge is -2.18. The van der Waals surface area contributed by atoms with Crippen molar-refractivity contribution < 1.29 is 9.59 Å². The third-order valence-electron chi connectivity index (χ3n) is 3.56. The van der Waals surface area contributed by atoms with Gasteiger partial charge in [-0.3, -0.25) is 14.6 Å². The smallest absolute Gasteiger partial charge is 0.255 e. The average molecular weight is 311 g/mol. The summed E-state index contributed by atoms with van der Waals surface area (Å²) >= 11 is 0. The fourth-order valence-corrected chi connectivity index (χ4v) is 2.31. The minimum atomic E-state index is -0.102. The lowest BCUT2D eigenvalue weighted by atomic mass is 10.1. The van der Waals surface area contributed by atoms with Crippen molar-refractivity contribution in [1.29, 1.82) is 0 Å². The quantitative estimate of drug-likeness (QED) is 0.922. The molecular formula is C18H21N3O2. The Morgan fingerprint density at radius 2 is 1.70 bits per heavy atom. The molecule has 1 aromatic heterocycles. The van der Waals surface area contributed by atoms with Gasteiger partial charge in [0, 0.05) is 37.5 Å². The van der Waals surface area contributed by atoms with Crippen LogP contribution in [0.1, 0.15) is 31.1 Å². The van der Waals surface area contributed by atoms with Crippen LogP contribution in [0, 0.1) is 0 Å². The molecule has 0 bridgehead atoms. The zero-order chi connectivity index (χ0) is 16.8. The Balaban J connectivity index is 2.16. The Morgan fingerprint density at radius 1 is 1.04 bits per heavy atom. The van der Waals surface area contributed by atoms with Crippen LogP contribution in [-0.4, -0.2) is 34.8 Å². The second-order valence-corrected chi connectivity index (χ2v) is 5.17. The van der Waals surface area contributed by atoms with Gasteiger partial charge in [0.15, 0.2) is 0 Å². The van der Waals surface area contributed by atoms with E-state index in [0.717, 1.165) is 16.9 Å². The van der Waals surface area contributed by atoms with E-state index in [-0.39, 0.29) is 11.8 Å². The molecule has 23 heavy (non-hydrogen) atoms. The van der Waals surface area contributed by atoms with Crippen LogP contribution < -0.4 is 5.32 Å². The van der Waals surface area contributed by atoms with Crippen LogP contribution >= 0.6 is 0 Å². The summed E-state index contributed by atoms with van der Waals surface area (Å²) in [4.78, 5) is 29.4. The number of aromatic nitrogens is 1. The van der Waals surface area contributed by atoms with Gasteiger partial charge >= 0.3 is 0 Å². The number of pyridine rings is 1. The first-order chi connectivity index (χ1) is 11.0. The average Bonchev–Trinajstić information content (AvgIpc) is 2.56. The van der Waals surface area contributed by atoms with Crippen LogP contribution in [0.15, 0.2) is 42.6 Å². The minimum absolute atomic E-state index is 0.00458. The Bertz CT molecular complexity index is 674. The zero-order valence-electron chi connectivity index (χ0n) is 13.7. The molecule has 0 saturated carbocycles. The van der Waals surface area contributed by atoms with Crippen molar-refractivity contribution in [2.24, 2.45) is 0 Å². The molecule has 5 heteroatoms. The van der Waals surface area contributed by atoms with Crippen LogP contribution in [-0.2, 0) is 4.79 Å². The lowest BCUT2D eigenvalue weighted by molar-refractivity contribution is -0.114. The predicted octanol–water partition coefficient (Wildman–Crippen LogP) is 3.19. The normalized spacial score (nSPS) is 10.2. The fourth-order valence-electron chi connectivity index (χ4n) is 2.31. The van der Waals surface area contributed by atoms with Crippen LogP contribution in [0.25, 0.3) is 11.3 Å². The third kappa shape index (κ3) is 4.16. The second-order valence-electron chi connectivity index (χ2n) is 5.17. The number of amides is 2. The second kappa shape index (κ2) is 7.54. The number of carbonyl (C=O) groups excluding carboxylic acids is 2. The van der Waals surface area contributed by atoms with Crippen LogP contribution in [0.4, 0.5) is 5.69 Å². The summed E-state index contributed by atoms with van der Waals surface area (Å²) in [6, 6.07) is 11.1. The summed E-state index contributed by atoms with van der Waals surface area (Å²) < 4.78 is 0. The van der Waals surface area contributed by atoms with Crippen molar-refractivity contribution in [3.63, 3.8) is 0 Å². The van der Waals surface area contributed by atoms with Gasteiger partial charge in [-0.2, -0.15) is 0 Å². The van der Waals surface area contributed by atoms with Gasteiger partial charge in [0.2, 0.25) is 5.91 Å². The van der Waals surface area contributed by atoms with Gasteiger partial charge in [0.1, 0.15) is 0 Å². The van der Waals surface area contributed by atoms with E-state index in [2.05, 4.69) is 10.3 Å². The molecule has 2 rings (SSSR count). The summed E-state index contributed by atoms with van der Waals surface area (Å²) in [5, 5.41) is 2.72. The number of carbonyl (C=O) groups is 2. The predicted molar refractivity (Wildman–Crippen MR) is 91.2 cm³/mol. The largest absolute Gasteiger partial charge is 0.339 e. The Labute approximate surface area is 136 Å². The van der Waals surface area contributed by atoms with Gasteiger partial charge in [-0.25, -0.2) is 0 Å². The number of hydrogen-bond donors (Lipinski definition) is 1. The Morgan fingerprint density at radius 3 is 2.17 bits per heavy atom. The molecule has 1 aromatic carbocycles. The molecule has 120 valence electrons. The van der Waals surface area contributed by atoms with E-state index < -0.39 is 0 Å². The number of nitrogens with zero attached hydrogens (tertiary/aromatic N) is 2. The van der Waals surface area contributed by atoms with Crippen molar-refractivity contribution in [3.8, 4) is 11.3 Å². The van der Waals surface area contributed by atoms with E-state index in [9.17, 15) is 9.59 Å². The molecule has 1 N–H and O–H groups in total. The summed E-state index contributed by atoms with van der Waals surface area (Å²) in [7, 11) is 0. The molecule has 0 atom stereocenters. The highest BCUT2D eigenvalue weighted by atomic mass is 16.2. The molecule has 0 unspecified atom stereocenters. The minimum Gasteiger partial charge on any atom is -0.339 e. The van der Waals surface area contributed by atoms with Gasteiger partial charge in [0.25, 0.3) is 5.91 Å². The maximum atomic E-state index is 12.2. The number of benzene rings is 1. The molecule has 0 aliphatic heterocycles. The monoisotopic (exact) mass is 311 g/mol. The van der Waals surface area contributed by atoms with Gasteiger partial charge in [-0.1, -0.05) is 12.1 Å². The van der Waals surface area contributed by atoms with Crippen LogP contribution in [0.2, 0.25) is 0 Å². The molecule has 0 spiro atoms. The first-order valence-electron chi connectivity index (χ1n) is 7.68. The molecule has 2 amide bonds. The Kier molecular flexibility index (Phi) is 5.46. The van der Waals surface area contributed by atoms with E-state index in [0.29, 0.717) is 18.7 Å². The standard InChI is InChI=1S/C18H21N3O2/c1-4-21(5-2)18(23)15-8-11-17(19-12-15)14-6-9-16(10-7-14)20-13(3)22/h6-12H,4-5H2,1-3H3,(H,20,22). The highest BCUT2D eigenvalue weighted by molar-refractivity contribution is 5.94. The molecule has 0 fully saturated rings. The van der Waals surface area contributed by atoms with Gasteiger partial charge in [0.05, 0.1) is 11.3 Å². The van der Waals surface area contributed by atoms with Crippen molar-refractivity contribution >= 4 is 17.5 Å². The summed E-state index contributed by atoms with van der Waals surface area (Å²) in [5.41, 5.74) is 3.05. The lowest BCUT2D eigenvalue weighted by Crippen LogP contribution is -2.30. The molecule has 5 nitrogen and oxygen atoms in total. The van der Waals surface area contributed by atoms with Crippen molar-refractivity contribution in [1.82, 2.24) is 9.88 Å². The van der Waals surface area contributed by atoms with Gasteiger partial charge in [-0.05, 0) is 38.1 Å². The number of anilines is 1. The zero-order valence-corrected chi connectivity index (χ0v) is 13.7. The summed E-state index contributed by atoms with van der Waals surface area (Å²) in [6.07, 6.45) is 1.61. The molecule has 0 aliphatic carbocycles. The van der Waals surface area contributed by atoms with E-state index in [1.54, 1.807) is 17.2 Å². The molecule has 0 saturated heterocycles. The maximum absolute atomic E-state index is 12.2. The van der Waals surface area contributed by atoms with E-state index in [1.807, 2.05) is 44.2 Å². The maximum Gasteiger partial charge on any atom is 0.255 e. The Hall–Kier alpha value is -2.69. The first kappa shape index (κ1) is 16.7. The van der Waals surface area contributed by atoms with Crippen LogP contribution in [0.3, 0.4) is 0 Å². The molecule has 0 radical (unpaired) electrons. The highest BCUT2D eigenvalue weighted by Gasteiger charge is 2.12. The van der Waals surface area contributed by atoms with Crippen LogP contribution in [0.5, 0.6) is 0 Å². The van der Waals surface area contributed by atoms with Crippen molar-refractivity contribution in [3.05, 3.63) is 48.2 Å². The van der Waals surface area contributed by atoms with E-state index >= 15 is 0 Å². The van der Waals surface area contributed by atoms with Gasteiger partial charge < -0.3 is 10.2 Å². The SMILES string of the molecule is CCN(CC)C(=O)c1ccc(-c2ccc(NC(C)=O)cc2)nc1. The molecule has 1 heterocycles. The number of nitrogens with one attached hydrogen (secondary N) is 1. The molecule has 2 aromatic rings. The molecule has 0 aliphatic rings. The van der Waals surface area contributed by atoms with E-state index in [4.69, 9.17) is 0 Å².